The minimum atomic E-state index is -0.579. The fourth-order valence-corrected chi connectivity index (χ4v) is 3.73. The van der Waals surface area contributed by atoms with Crippen LogP contribution in [-0.4, -0.2) is 30.9 Å². The molecule has 1 aliphatic heterocycles. The first-order valence-electron chi connectivity index (χ1n) is 9.35. The summed E-state index contributed by atoms with van der Waals surface area (Å²) in [5, 5.41) is 2.70. The molecule has 7 heteroatoms. The van der Waals surface area contributed by atoms with Crippen molar-refractivity contribution in [2.45, 2.75) is 27.2 Å². The molecule has 29 heavy (non-hydrogen) atoms. The second-order valence-corrected chi connectivity index (χ2v) is 8.12. The topological polar surface area (TPSA) is 75.7 Å². The van der Waals surface area contributed by atoms with E-state index in [0.717, 1.165) is 26.9 Å². The molecule has 1 atom stereocenters. The zero-order valence-corrected chi connectivity index (χ0v) is 18.2. The molecule has 2 aromatic rings. The lowest BCUT2D eigenvalue weighted by molar-refractivity contribution is -0.151. The van der Waals surface area contributed by atoms with Crippen LogP contribution in [-0.2, 0) is 19.1 Å². The Morgan fingerprint density at radius 2 is 1.83 bits per heavy atom. The van der Waals surface area contributed by atoms with Crippen molar-refractivity contribution in [2.24, 2.45) is 5.92 Å². The average Bonchev–Trinajstić information content (AvgIpc) is 3.04. The summed E-state index contributed by atoms with van der Waals surface area (Å²) in [6.07, 6.45) is 0.0835. The van der Waals surface area contributed by atoms with Crippen molar-refractivity contribution in [3.63, 3.8) is 0 Å². The van der Waals surface area contributed by atoms with Gasteiger partial charge in [0.05, 0.1) is 5.92 Å². The maximum Gasteiger partial charge on any atom is 0.311 e. The number of hydrogen-bond acceptors (Lipinski definition) is 4. The van der Waals surface area contributed by atoms with Crippen LogP contribution in [0, 0.1) is 26.7 Å². The number of benzene rings is 2. The van der Waals surface area contributed by atoms with Gasteiger partial charge < -0.3 is 15.0 Å². The summed E-state index contributed by atoms with van der Waals surface area (Å²) in [5.41, 5.74) is 4.42. The number of aryl methyl sites for hydroxylation is 3. The summed E-state index contributed by atoms with van der Waals surface area (Å²) in [7, 11) is 0. The van der Waals surface area contributed by atoms with Gasteiger partial charge in [0.15, 0.2) is 6.61 Å². The molecule has 2 amide bonds. The third-order valence-corrected chi connectivity index (χ3v) is 5.84. The molecule has 0 unspecified atom stereocenters. The van der Waals surface area contributed by atoms with Gasteiger partial charge in [-0.1, -0.05) is 34.1 Å². The number of amides is 2. The Labute approximate surface area is 178 Å². The molecular formula is C22H23BrN2O4. The highest BCUT2D eigenvalue weighted by molar-refractivity contribution is 9.10. The fourth-order valence-electron chi connectivity index (χ4n) is 3.49. The summed E-state index contributed by atoms with van der Waals surface area (Å²) in [6, 6.07) is 11.2. The van der Waals surface area contributed by atoms with E-state index in [-0.39, 0.29) is 25.5 Å². The van der Waals surface area contributed by atoms with E-state index in [0.29, 0.717) is 5.69 Å². The molecule has 6 nitrogen and oxygen atoms in total. The number of para-hydroxylation sites is 1. The highest BCUT2D eigenvalue weighted by atomic mass is 79.9. The molecule has 0 aromatic heterocycles. The van der Waals surface area contributed by atoms with Crippen molar-refractivity contribution >= 4 is 45.1 Å². The van der Waals surface area contributed by atoms with Crippen LogP contribution in [0.25, 0.3) is 0 Å². The number of rotatable bonds is 5. The van der Waals surface area contributed by atoms with Crippen molar-refractivity contribution < 1.29 is 19.1 Å². The van der Waals surface area contributed by atoms with Crippen molar-refractivity contribution in [2.75, 3.05) is 23.4 Å². The third kappa shape index (κ3) is 4.85. The van der Waals surface area contributed by atoms with Crippen molar-refractivity contribution in [1.29, 1.82) is 0 Å². The monoisotopic (exact) mass is 458 g/mol. The molecular weight excluding hydrogens is 436 g/mol. The smallest absolute Gasteiger partial charge is 0.311 e. The predicted molar refractivity (Wildman–Crippen MR) is 115 cm³/mol. The molecule has 1 heterocycles. The Balaban J connectivity index is 1.56. The summed E-state index contributed by atoms with van der Waals surface area (Å²) < 4.78 is 6.11. The van der Waals surface area contributed by atoms with Gasteiger partial charge in [0.25, 0.3) is 5.91 Å². The fraction of sp³-hybridized carbons (Fsp3) is 0.318. The molecule has 0 saturated carbocycles. The standard InChI is InChI=1S/C22H23BrN2O4/c1-13-5-4-6-14(2)21(13)25-11-16(10-20(25)27)22(28)29-12-19(26)24-17-7-8-18(23)15(3)9-17/h4-9,16H,10-12H2,1-3H3,(H,24,26)/t16-/m0/s1. The number of carbonyl (C=O) groups excluding carboxylic acids is 3. The molecule has 2 aromatic carbocycles. The minimum absolute atomic E-state index is 0.0835. The van der Waals surface area contributed by atoms with Crippen LogP contribution < -0.4 is 10.2 Å². The quantitative estimate of drug-likeness (QED) is 0.689. The molecule has 1 fully saturated rings. The van der Waals surface area contributed by atoms with Gasteiger partial charge in [-0.15, -0.1) is 0 Å². The molecule has 0 radical (unpaired) electrons. The van der Waals surface area contributed by atoms with E-state index in [1.807, 2.05) is 51.1 Å². The molecule has 0 aliphatic carbocycles. The number of anilines is 2. The molecule has 1 saturated heterocycles. The summed E-state index contributed by atoms with van der Waals surface area (Å²) in [4.78, 5) is 38.6. The SMILES string of the molecule is Cc1cc(NC(=O)COC(=O)[C@H]2CC(=O)N(c3c(C)cccc3C)C2)ccc1Br. The van der Waals surface area contributed by atoms with Crippen LogP contribution in [0.5, 0.6) is 0 Å². The Kier molecular flexibility index (Phi) is 6.37. The number of esters is 1. The van der Waals surface area contributed by atoms with Crippen LogP contribution in [0.4, 0.5) is 11.4 Å². The van der Waals surface area contributed by atoms with Crippen molar-refractivity contribution in [3.05, 3.63) is 57.6 Å². The Hall–Kier alpha value is -2.67. The zero-order chi connectivity index (χ0) is 21.1. The normalized spacial score (nSPS) is 16.1. The lowest BCUT2D eigenvalue weighted by atomic mass is 10.1. The predicted octanol–water partition coefficient (Wildman–Crippen LogP) is 3.91. The lowest BCUT2D eigenvalue weighted by Crippen LogP contribution is -2.29. The van der Waals surface area contributed by atoms with Gasteiger partial charge in [-0.2, -0.15) is 0 Å². The van der Waals surface area contributed by atoms with Gasteiger partial charge in [0, 0.05) is 28.8 Å². The maximum atomic E-state index is 12.5. The van der Waals surface area contributed by atoms with E-state index >= 15 is 0 Å². The Morgan fingerprint density at radius 1 is 1.14 bits per heavy atom. The number of halogens is 1. The molecule has 1 N–H and O–H groups in total. The van der Waals surface area contributed by atoms with E-state index < -0.39 is 17.8 Å². The summed E-state index contributed by atoms with van der Waals surface area (Å²) in [5.74, 6) is -1.64. The Bertz CT molecular complexity index is 953. The van der Waals surface area contributed by atoms with Crippen LogP contribution in [0.3, 0.4) is 0 Å². The summed E-state index contributed by atoms with van der Waals surface area (Å²) >= 11 is 3.40. The highest BCUT2D eigenvalue weighted by Gasteiger charge is 2.37. The van der Waals surface area contributed by atoms with Gasteiger partial charge in [0.2, 0.25) is 5.91 Å². The lowest BCUT2D eigenvalue weighted by Gasteiger charge is -2.21. The third-order valence-electron chi connectivity index (χ3n) is 4.96. The molecule has 1 aliphatic rings. The molecule has 0 bridgehead atoms. The first kappa shape index (κ1) is 21.0. The van der Waals surface area contributed by atoms with Gasteiger partial charge in [-0.3, -0.25) is 14.4 Å². The number of carbonyl (C=O) groups is 3. The van der Waals surface area contributed by atoms with Crippen LogP contribution in [0.2, 0.25) is 0 Å². The maximum absolute atomic E-state index is 12.5. The first-order chi connectivity index (χ1) is 13.8. The van der Waals surface area contributed by atoms with E-state index in [4.69, 9.17) is 4.74 Å². The highest BCUT2D eigenvalue weighted by Crippen LogP contribution is 2.31. The first-order valence-corrected chi connectivity index (χ1v) is 10.1. The second kappa shape index (κ2) is 8.78. The van der Waals surface area contributed by atoms with E-state index in [1.165, 1.54) is 0 Å². The average molecular weight is 459 g/mol. The van der Waals surface area contributed by atoms with Gasteiger partial charge >= 0.3 is 5.97 Å². The van der Waals surface area contributed by atoms with Gasteiger partial charge in [0.1, 0.15) is 0 Å². The largest absolute Gasteiger partial charge is 0.455 e. The van der Waals surface area contributed by atoms with E-state index in [2.05, 4.69) is 21.2 Å². The van der Waals surface area contributed by atoms with Crippen molar-refractivity contribution in [3.8, 4) is 0 Å². The van der Waals surface area contributed by atoms with Crippen molar-refractivity contribution in [1.82, 2.24) is 0 Å². The molecule has 3 rings (SSSR count). The van der Waals surface area contributed by atoms with Crippen LogP contribution in [0.1, 0.15) is 23.1 Å². The van der Waals surface area contributed by atoms with Gasteiger partial charge in [-0.25, -0.2) is 0 Å². The van der Waals surface area contributed by atoms with E-state index in [9.17, 15) is 14.4 Å². The molecule has 0 spiro atoms. The minimum Gasteiger partial charge on any atom is -0.455 e. The zero-order valence-electron chi connectivity index (χ0n) is 16.6. The molecule has 152 valence electrons. The number of ether oxygens (including phenoxy) is 1. The number of hydrogen-bond donors (Lipinski definition) is 1. The summed E-state index contributed by atoms with van der Waals surface area (Å²) in [6.45, 7) is 5.67. The Morgan fingerprint density at radius 3 is 2.48 bits per heavy atom. The second-order valence-electron chi connectivity index (χ2n) is 7.27. The number of nitrogens with one attached hydrogen (secondary N) is 1. The number of nitrogens with zero attached hydrogens (tertiary/aromatic N) is 1. The van der Waals surface area contributed by atoms with E-state index in [1.54, 1.807) is 11.0 Å². The van der Waals surface area contributed by atoms with Gasteiger partial charge in [-0.05, 0) is 55.7 Å². The van der Waals surface area contributed by atoms with Crippen LogP contribution in [0.15, 0.2) is 40.9 Å². The van der Waals surface area contributed by atoms with Crippen LogP contribution >= 0.6 is 15.9 Å².